The number of carbonyl (C=O) groups is 2. The van der Waals surface area contributed by atoms with E-state index < -0.39 is 0 Å². The summed E-state index contributed by atoms with van der Waals surface area (Å²) in [6.45, 7) is 1.81. The zero-order chi connectivity index (χ0) is 17.2. The summed E-state index contributed by atoms with van der Waals surface area (Å²) >= 11 is 0. The predicted molar refractivity (Wildman–Crippen MR) is 91.6 cm³/mol. The van der Waals surface area contributed by atoms with Crippen LogP contribution in [0.2, 0.25) is 0 Å². The minimum Gasteiger partial charge on any atom is -0.484 e. The maximum atomic E-state index is 11.8. The average Bonchev–Trinajstić information content (AvgIpc) is 2.60. The van der Waals surface area contributed by atoms with Crippen LogP contribution in [0.1, 0.15) is 18.1 Å². The SMILES string of the molecule is CC(=O)N/N=C/c1ccc(OCC(=O)NCc2ccccc2)cc1. The lowest BCUT2D eigenvalue weighted by Crippen LogP contribution is -2.28. The molecule has 24 heavy (non-hydrogen) atoms. The Balaban J connectivity index is 1.74. The van der Waals surface area contributed by atoms with Crippen molar-refractivity contribution in [2.45, 2.75) is 13.5 Å². The van der Waals surface area contributed by atoms with Gasteiger partial charge in [-0.3, -0.25) is 9.59 Å². The smallest absolute Gasteiger partial charge is 0.258 e. The normalized spacial score (nSPS) is 10.4. The Kier molecular flexibility index (Phi) is 6.52. The van der Waals surface area contributed by atoms with Gasteiger partial charge in [0.25, 0.3) is 5.91 Å². The van der Waals surface area contributed by atoms with Gasteiger partial charge >= 0.3 is 0 Å². The van der Waals surface area contributed by atoms with Gasteiger partial charge < -0.3 is 10.1 Å². The third kappa shape index (κ3) is 6.31. The first kappa shape index (κ1) is 17.2. The van der Waals surface area contributed by atoms with E-state index in [2.05, 4.69) is 15.8 Å². The van der Waals surface area contributed by atoms with Crippen LogP contribution in [0.25, 0.3) is 0 Å². The molecule has 0 atom stereocenters. The van der Waals surface area contributed by atoms with Crippen LogP contribution in [0, 0.1) is 0 Å². The molecule has 6 heteroatoms. The molecule has 2 aromatic rings. The highest BCUT2D eigenvalue weighted by atomic mass is 16.5. The standard InChI is InChI=1S/C18H19N3O3/c1-14(22)21-20-12-16-7-9-17(10-8-16)24-13-18(23)19-11-15-5-3-2-4-6-15/h2-10,12H,11,13H2,1H3,(H,19,23)(H,21,22)/b20-12+. The van der Waals surface area contributed by atoms with Crippen LogP contribution in [0.4, 0.5) is 0 Å². The monoisotopic (exact) mass is 325 g/mol. The highest BCUT2D eigenvalue weighted by Gasteiger charge is 2.02. The van der Waals surface area contributed by atoms with Gasteiger partial charge in [-0.1, -0.05) is 30.3 Å². The number of nitrogens with zero attached hydrogens (tertiary/aromatic N) is 1. The molecular formula is C18H19N3O3. The van der Waals surface area contributed by atoms with E-state index in [1.807, 2.05) is 30.3 Å². The Bertz CT molecular complexity index is 697. The molecule has 0 radical (unpaired) electrons. The minimum atomic E-state index is -0.229. The van der Waals surface area contributed by atoms with E-state index in [4.69, 9.17) is 4.74 Å². The van der Waals surface area contributed by atoms with Crippen molar-refractivity contribution in [2.24, 2.45) is 5.10 Å². The third-order valence-corrected chi connectivity index (χ3v) is 3.02. The lowest BCUT2D eigenvalue weighted by atomic mass is 10.2. The van der Waals surface area contributed by atoms with Gasteiger partial charge in [0.15, 0.2) is 6.61 Å². The maximum Gasteiger partial charge on any atom is 0.258 e. The van der Waals surface area contributed by atoms with Crippen molar-refractivity contribution in [3.8, 4) is 5.75 Å². The molecule has 2 aromatic carbocycles. The second-order valence-corrected chi connectivity index (χ2v) is 5.05. The molecule has 0 saturated heterocycles. The molecule has 0 aliphatic carbocycles. The van der Waals surface area contributed by atoms with Crippen LogP contribution in [-0.4, -0.2) is 24.6 Å². The van der Waals surface area contributed by atoms with Gasteiger partial charge in [0, 0.05) is 13.5 Å². The lowest BCUT2D eigenvalue weighted by Gasteiger charge is -2.07. The summed E-state index contributed by atoms with van der Waals surface area (Å²) in [7, 11) is 0. The van der Waals surface area contributed by atoms with Crippen LogP contribution >= 0.6 is 0 Å². The highest BCUT2D eigenvalue weighted by Crippen LogP contribution is 2.10. The van der Waals surface area contributed by atoms with Crippen LogP contribution in [0.5, 0.6) is 5.75 Å². The zero-order valence-corrected chi connectivity index (χ0v) is 13.4. The topological polar surface area (TPSA) is 79.8 Å². The quantitative estimate of drug-likeness (QED) is 0.602. The Morgan fingerprint density at radius 1 is 1.08 bits per heavy atom. The molecule has 0 saturated carbocycles. The fourth-order valence-corrected chi connectivity index (χ4v) is 1.84. The number of benzene rings is 2. The number of hydrazone groups is 1. The minimum absolute atomic E-state index is 0.0494. The lowest BCUT2D eigenvalue weighted by molar-refractivity contribution is -0.123. The van der Waals surface area contributed by atoms with Gasteiger partial charge in [-0.05, 0) is 35.4 Å². The second-order valence-electron chi connectivity index (χ2n) is 5.05. The van der Waals surface area contributed by atoms with Gasteiger partial charge in [-0.2, -0.15) is 5.10 Å². The average molecular weight is 325 g/mol. The van der Waals surface area contributed by atoms with Gasteiger partial charge in [0.2, 0.25) is 5.91 Å². The van der Waals surface area contributed by atoms with Crippen molar-refractivity contribution in [1.29, 1.82) is 0 Å². The first-order chi connectivity index (χ1) is 11.6. The first-order valence-electron chi connectivity index (χ1n) is 7.46. The van der Waals surface area contributed by atoms with E-state index in [-0.39, 0.29) is 18.4 Å². The Morgan fingerprint density at radius 3 is 2.46 bits per heavy atom. The van der Waals surface area contributed by atoms with Crippen LogP contribution < -0.4 is 15.5 Å². The van der Waals surface area contributed by atoms with Gasteiger partial charge in [0.05, 0.1) is 6.21 Å². The van der Waals surface area contributed by atoms with Gasteiger partial charge in [0.1, 0.15) is 5.75 Å². The molecule has 6 nitrogen and oxygen atoms in total. The second kappa shape index (κ2) is 9.09. The zero-order valence-electron chi connectivity index (χ0n) is 13.4. The van der Waals surface area contributed by atoms with Crippen LogP contribution in [-0.2, 0) is 16.1 Å². The number of amides is 2. The van der Waals surface area contributed by atoms with Crippen molar-refractivity contribution < 1.29 is 14.3 Å². The Labute approximate surface area is 140 Å². The predicted octanol–water partition coefficient (Wildman–Crippen LogP) is 1.85. The van der Waals surface area contributed by atoms with E-state index >= 15 is 0 Å². The van der Waals surface area contributed by atoms with E-state index in [0.29, 0.717) is 12.3 Å². The fourth-order valence-electron chi connectivity index (χ4n) is 1.84. The molecule has 2 amide bonds. The number of hydrogen-bond donors (Lipinski definition) is 2. The maximum absolute atomic E-state index is 11.8. The van der Waals surface area contributed by atoms with Crippen molar-refractivity contribution >= 4 is 18.0 Å². The summed E-state index contributed by atoms with van der Waals surface area (Å²) in [4.78, 5) is 22.5. The Hall–Kier alpha value is -3.15. The van der Waals surface area contributed by atoms with E-state index in [1.165, 1.54) is 13.1 Å². The molecule has 124 valence electrons. The van der Waals surface area contributed by atoms with Gasteiger partial charge in [-0.15, -0.1) is 0 Å². The number of rotatable bonds is 7. The molecule has 0 spiro atoms. The summed E-state index contributed by atoms with van der Waals surface area (Å²) in [5.41, 5.74) is 4.17. The van der Waals surface area contributed by atoms with Crippen molar-refractivity contribution in [3.05, 3.63) is 65.7 Å². The largest absolute Gasteiger partial charge is 0.484 e. The molecule has 2 rings (SSSR count). The van der Waals surface area contributed by atoms with Gasteiger partial charge in [-0.25, -0.2) is 5.43 Å². The molecule has 2 N–H and O–H groups in total. The summed E-state index contributed by atoms with van der Waals surface area (Å²) in [6.07, 6.45) is 1.53. The summed E-state index contributed by atoms with van der Waals surface area (Å²) in [5.74, 6) is 0.171. The molecule has 0 bridgehead atoms. The van der Waals surface area contributed by atoms with Crippen molar-refractivity contribution in [2.75, 3.05) is 6.61 Å². The molecule has 0 fully saturated rings. The van der Waals surface area contributed by atoms with E-state index in [0.717, 1.165) is 11.1 Å². The molecule has 0 heterocycles. The number of ether oxygens (including phenoxy) is 1. The molecule has 0 aromatic heterocycles. The molecule has 0 aliphatic heterocycles. The number of hydrogen-bond acceptors (Lipinski definition) is 4. The third-order valence-electron chi connectivity index (χ3n) is 3.02. The first-order valence-corrected chi connectivity index (χ1v) is 7.46. The molecular weight excluding hydrogens is 306 g/mol. The number of carbonyl (C=O) groups excluding carboxylic acids is 2. The van der Waals surface area contributed by atoms with Crippen LogP contribution in [0.3, 0.4) is 0 Å². The number of nitrogens with one attached hydrogen (secondary N) is 2. The summed E-state index contributed by atoms with van der Waals surface area (Å²) < 4.78 is 5.43. The molecule has 0 unspecified atom stereocenters. The van der Waals surface area contributed by atoms with Crippen LogP contribution in [0.15, 0.2) is 59.7 Å². The fraction of sp³-hybridized carbons (Fsp3) is 0.167. The highest BCUT2D eigenvalue weighted by molar-refractivity contribution is 5.82. The van der Waals surface area contributed by atoms with E-state index in [1.54, 1.807) is 24.3 Å². The summed E-state index contributed by atoms with van der Waals surface area (Å²) in [6, 6.07) is 16.7. The summed E-state index contributed by atoms with van der Waals surface area (Å²) in [5, 5.41) is 6.56. The van der Waals surface area contributed by atoms with Crippen molar-refractivity contribution in [1.82, 2.24) is 10.7 Å². The van der Waals surface area contributed by atoms with Crippen molar-refractivity contribution in [3.63, 3.8) is 0 Å². The van der Waals surface area contributed by atoms with E-state index in [9.17, 15) is 9.59 Å². The Morgan fingerprint density at radius 2 is 1.79 bits per heavy atom. The molecule has 0 aliphatic rings.